The second kappa shape index (κ2) is 7.32. The topological polar surface area (TPSA) is 73.0 Å². The fourth-order valence-electron chi connectivity index (χ4n) is 3.63. The molecule has 0 spiro atoms. The molecule has 4 rings (SSSR count). The summed E-state index contributed by atoms with van der Waals surface area (Å²) < 4.78 is 7.74. The maximum atomic E-state index is 12.4. The zero-order chi connectivity index (χ0) is 17.9. The molecule has 1 fully saturated rings. The molecule has 0 unspecified atom stereocenters. The third-order valence-electron chi connectivity index (χ3n) is 5.08. The van der Waals surface area contributed by atoms with Crippen molar-refractivity contribution in [2.75, 3.05) is 6.54 Å². The van der Waals surface area contributed by atoms with Gasteiger partial charge in [0, 0.05) is 31.3 Å². The van der Waals surface area contributed by atoms with Gasteiger partial charge in [-0.2, -0.15) is 5.10 Å². The SMILES string of the molecule is Cn1cc(CCNC(=O)c2ccc3nc(C4CCCCC4)oc3c2)cn1. The maximum absolute atomic E-state index is 12.4. The highest BCUT2D eigenvalue weighted by Gasteiger charge is 2.21. The quantitative estimate of drug-likeness (QED) is 0.762. The van der Waals surface area contributed by atoms with E-state index >= 15 is 0 Å². The predicted octanol–water partition coefficient (Wildman–Crippen LogP) is 3.58. The Hall–Kier alpha value is -2.63. The van der Waals surface area contributed by atoms with Gasteiger partial charge in [0.1, 0.15) is 5.52 Å². The monoisotopic (exact) mass is 352 g/mol. The van der Waals surface area contributed by atoms with Crippen LogP contribution in [0, 0.1) is 0 Å². The van der Waals surface area contributed by atoms with E-state index in [1.54, 1.807) is 10.7 Å². The minimum atomic E-state index is -0.0913. The normalized spacial score (nSPS) is 15.4. The first-order chi connectivity index (χ1) is 12.7. The van der Waals surface area contributed by atoms with Crippen LogP contribution in [-0.4, -0.2) is 27.2 Å². The molecule has 0 atom stereocenters. The number of carbonyl (C=O) groups excluding carboxylic acids is 1. The summed E-state index contributed by atoms with van der Waals surface area (Å²) in [7, 11) is 1.89. The highest BCUT2D eigenvalue weighted by Crippen LogP contribution is 2.33. The summed E-state index contributed by atoms with van der Waals surface area (Å²) in [6, 6.07) is 5.49. The molecular weight excluding hydrogens is 328 g/mol. The van der Waals surface area contributed by atoms with Crippen molar-refractivity contribution in [2.45, 2.75) is 44.4 Å². The van der Waals surface area contributed by atoms with Gasteiger partial charge in [-0.25, -0.2) is 4.98 Å². The number of aryl methyl sites for hydroxylation is 1. The average molecular weight is 352 g/mol. The van der Waals surface area contributed by atoms with Gasteiger partial charge in [0.2, 0.25) is 0 Å². The summed E-state index contributed by atoms with van der Waals surface area (Å²) in [5.74, 6) is 1.16. The lowest BCUT2D eigenvalue weighted by Crippen LogP contribution is -2.25. The van der Waals surface area contributed by atoms with Crippen molar-refractivity contribution in [2.24, 2.45) is 7.05 Å². The van der Waals surface area contributed by atoms with Crippen molar-refractivity contribution in [3.05, 3.63) is 47.6 Å². The standard InChI is InChI=1S/C20H24N4O2/c1-24-13-14(12-22-24)9-10-21-19(25)16-7-8-17-18(11-16)26-20(23-17)15-5-3-2-4-6-15/h7-8,11-13,15H,2-6,9-10H2,1H3,(H,21,25). The molecule has 1 aliphatic carbocycles. The molecule has 0 saturated heterocycles. The lowest BCUT2D eigenvalue weighted by molar-refractivity contribution is 0.0954. The maximum Gasteiger partial charge on any atom is 0.251 e. The van der Waals surface area contributed by atoms with E-state index in [2.05, 4.69) is 15.4 Å². The van der Waals surface area contributed by atoms with Gasteiger partial charge in [0.15, 0.2) is 11.5 Å². The summed E-state index contributed by atoms with van der Waals surface area (Å²) in [6.45, 7) is 0.576. The van der Waals surface area contributed by atoms with Crippen molar-refractivity contribution in [1.29, 1.82) is 0 Å². The molecule has 1 aliphatic rings. The number of hydrogen-bond acceptors (Lipinski definition) is 4. The van der Waals surface area contributed by atoms with Crippen LogP contribution < -0.4 is 5.32 Å². The number of amides is 1. The smallest absolute Gasteiger partial charge is 0.251 e. The van der Waals surface area contributed by atoms with Gasteiger partial charge < -0.3 is 9.73 Å². The third kappa shape index (κ3) is 3.64. The van der Waals surface area contributed by atoms with Gasteiger partial charge in [-0.1, -0.05) is 19.3 Å². The minimum absolute atomic E-state index is 0.0913. The number of nitrogens with one attached hydrogen (secondary N) is 1. The summed E-state index contributed by atoms with van der Waals surface area (Å²) in [4.78, 5) is 17.0. The van der Waals surface area contributed by atoms with Crippen LogP contribution in [0.15, 0.2) is 35.0 Å². The van der Waals surface area contributed by atoms with E-state index in [0.29, 0.717) is 23.6 Å². The number of hydrogen-bond donors (Lipinski definition) is 1. The van der Waals surface area contributed by atoms with Crippen molar-refractivity contribution in [3.63, 3.8) is 0 Å². The Balaban J connectivity index is 1.41. The Morgan fingerprint density at radius 3 is 2.92 bits per heavy atom. The predicted molar refractivity (Wildman–Crippen MR) is 99.1 cm³/mol. The Kier molecular flexibility index (Phi) is 4.73. The van der Waals surface area contributed by atoms with Crippen molar-refractivity contribution in [3.8, 4) is 0 Å². The summed E-state index contributed by atoms with van der Waals surface area (Å²) >= 11 is 0. The second-order valence-corrected chi connectivity index (χ2v) is 7.10. The van der Waals surface area contributed by atoms with E-state index in [1.165, 1.54) is 19.3 Å². The summed E-state index contributed by atoms with van der Waals surface area (Å²) in [6.07, 6.45) is 10.6. The van der Waals surface area contributed by atoms with Crippen LogP contribution in [-0.2, 0) is 13.5 Å². The highest BCUT2D eigenvalue weighted by atomic mass is 16.3. The van der Waals surface area contributed by atoms with Crippen LogP contribution >= 0.6 is 0 Å². The van der Waals surface area contributed by atoms with E-state index < -0.39 is 0 Å². The molecule has 1 N–H and O–H groups in total. The Bertz CT molecular complexity index is 906. The molecule has 1 saturated carbocycles. The largest absolute Gasteiger partial charge is 0.440 e. The minimum Gasteiger partial charge on any atom is -0.440 e. The van der Waals surface area contributed by atoms with Crippen LogP contribution in [0.3, 0.4) is 0 Å². The highest BCUT2D eigenvalue weighted by molar-refractivity contribution is 5.97. The van der Waals surface area contributed by atoms with E-state index in [0.717, 1.165) is 36.2 Å². The van der Waals surface area contributed by atoms with Crippen LogP contribution in [0.5, 0.6) is 0 Å². The molecule has 0 radical (unpaired) electrons. The molecule has 2 aromatic heterocycles. The average Bonchev–Trinajstić information content (AvgIpc) is 3.27. The zero-order valence-electron chi connectivity index (χ0n) is 15.1. The first-order valence-corrected chi connectivity index (χ1v) is 9.35. The number of benzene rings is 1. The van der Waals surface area contributed by atoms with E-state index in [9.17, 15) is 4.79 Å². The molecule has 1 aromatic carbocycles. The Labute approximate surface area is 152 Å². The number of oxazole rings is 1. The van der Waals surface area contributed by atoms with E-state index in [1.807, 2.05) is 31.6 Å². The van der Waals surface area contributed by atoms with Gasteiger partial charge in [-0.05, 0) is 43.0 Å². The van der Waals surface area contributed by atoms with Crippen molar-refractivity contribution in [1.82, 2.24) is 20.1 Å². The Morgan fingerprint density at radius 1 is 1.31 bits per heavy atom. The second-order valence-electron chi connectivity index (χ2n) is 7.10. The molecular formula is C20H24N4O2. The fourth-order valence-corrected chi connectivity index (χ4v) is 3.63. The van der Waals surface area contributed by atoms with Crippen LogP contribution in [0.4, 0.5) is 0 Å². The number of nitrogens with zero attached hydrogens (tertiary/aromatic N) is 3. The molecule has 2 heterocycles. The van der Waals surface area contributed by atoms with E-state index in [4.69, 9.17) is 4.42 Å². The molecule has 136 valence electrons. The van der Waals surface area contributed by atoms with Crippen LogP contribution in [0.25, 0.3) is 11.1 Å². The molecule has 3 aromatic rings. The molecule has 6 heteroatoms. The number of fused-ring (bicyclic) bond motifs is 1. The lowest BCUT2D eigenvalue weighted by Gasteiger charge is -2.17. The number of rotatable bonds is 5. The van der Waals surface area contributed by atoms with Gasteiger partial charge >= 0.3 is 0 Å². The fraction of sp³-hybridized carbons (Fsp3) is 0.450. The summed E-state index contributed by atoms with van der Waals surface area (Å²) in [5.41, 5.74) is 3.24. The van der Waals surface area contributed by atoms with Crippen molar-refractivity contribution >= 4 is 17.0 Å². The van der Waals surface area contributed by atoms with Gasteiger partial charge in [-0.3, -0.25) is 9.48 Å². The van der Waals surface area contributed by atoms with Crippen molar-refractivity contribution < 1.29 is 9.21 Å². The molecule has 0 bridgehead atoms. The van der Waals surface area contributed by atoms with Crippen LogP contribution in [0.1, 0.15) is 59.8 Å². The number of carbonyl (C=O) groups is 1. The molecule has 0 aliphatic heterocycles. The lowest BCUT2D eigenvalue weighted by atomic mass is 9.89. The Morgan fingerprint density at radius 2 is 2.15 bits per heavy atom. The van der Waals surface area contributed by atoms with E-state index in [-0.39, 0.29) is 5.91 Å². The molecule has 1 amide bonds. The van der Waals surface area contributed by atoms with Crippen LogP contribution in [0.2, 0.25) is 0 Å². The molecule has 26 heavy (non-hydrogen) atoms. The first kappa shape index (κ1) is 16.8. The van der Waals surface area contributed by atoms with Gasteiger partial charge in [-0.15, -0.1) is 0 Å². The number of aromatic nitrogens is 3. The zero-order valence-corrected chi connectivity index (χ0v) is 15.1. The van der Waals surface area contributed by atoms with Gasteiger partial charge in [0.05, 0.1) is 6.20 Å². The third-order valence-corrected chi connectivity index (χ3v) is 5.08. The summed E-state index contributed by atoms with van der Waals surface area (Å²) in [5, 5.41) is 7.09. The first-order valence-electron chi connectivity index (χ1n) is 9.35. The molecule has 6 nitrogen and oxygen atoms in total. The van der Waals surface area contributed by atoms with Gasteiger partial charge in [0.25, 0.3) is 5.91 Å².